The van der Waals surface area contributed by atoms with Gasteiger partial charge in [-0.2, -0.15) is 5.10 Å². The lowest BCUT2D eigenvalue weighted by Gasteiger charge is -2.13. The van der Waals surface area contributed by atoms with Crippen LogP contribution in [0.25, 0.3) is 17.0 Å². The van der Waals surface area contributed by atoms with Crippen LogP contribution in [0.3, 0.4) is 0 Å². The highest BCUT2D eigenvalue weighted by Gasteiger charge is 2.27. The average Bonchev–Trinajstić information content (AvgIpc) is 3.33. The molecule has 0 atom stereocenters. The normalized spacial score (nSPS) is 13.6. The number of hydrogen-bond donors (Lipinski definition) is 2. The first-order valence-electron chi connectivity index (χ1n) is 10.7. The Morgan fingerprint density at radius 2 is 2.03 bits per heavy atom. The van der Waals surface area contributed by atoms with Gasteiger partial charge in [-0.25, -0.2) is 18.3 Å². The quantitative estimate of drug-likeness (QED) is 0.367. The number of nitrogens with one attached hydrogen (secondary N) is 2. The minimum atomic E-state index is -0.928. The SMILES string of the molecule is CSc1nnc(-c2cn3ncnc(Nc4cc(C(=O)NC5CC5)c(F)cc4F)c3c2C(C)C)o1. The van der Waals surface area contributed by atoms with Crippen molar-refractivity contribution in [2.45, 2.75) is 43.9 Å². The first-order valence-corrected chi connectivity index (χ1v) is 11.9. The predicted octanol–water partition coefficient (Wildman–Crippen LogP) is 4.54. The number of benzene rings is 1. The van der Waals surface area contributed by atoms with Gasteiger partial charge in [0.15, 0.2) is 5.82 Å². The van der Waals surface area contributed by atoms with Crippen LogP contribution < -0.4 is 10.6 Å². The number of hydrogen-bond acceptors (Lipinski definition) is 8. The third kappa shape index (κ3) is 4.09. The Kier molecular flexibility index (Phi) is 5.68. The van der Waals surface area contributed by atoms with E-state index in [0.29, 0.717) is 28.3 Å². The first-order chi connectivity index (χ1) is 16.4. The van der Waals surface area contributed by atoms with E-state index >= 15 is 0 Å². The monoisotopic (exact) mass is 485 g/mol. The fraction of sp³-hybridized carbons (Fsp3) is 0.318. The van der Waals surface area contributed by atoms with Crippen LogP contribution in [-0.4, -0.2) is 43.0 Å². The maximum atomic E-state index is 14.7. The minimum absolute atomic E-state index is 0.00544. The fourth-order valence-electron chi connectivity index (χ4n) is 3.72. The molecule has 34 heavy (non-hydrogen) atoms. The second kappa shape index (κ2) is 8.67. The maximum Gasteiger partial charge on any atom is 0.276 e. The molecule has 0 bridgehead atoms. The van der Waals surface area contributed by atoms with E-state index in [0.717, 1.165) is 24.5 Å². The van der Waals surface area contributed by atoms with Crippen LogP contribution in [0.2, 0.25) is 0 Å². The van der Waals surface area contributed by atoms with Crippen molar-refractivity contribution < 1.29 is 18.0 Å². The second-order valence-corrected chi connectivity index (χ2v) is 9.03. The Morgan fingerprint density at radius 1 is 1.24 bits per heavy atom. The summed E-state index contributed by atoms with van der Waals surface area (Å²) in [5.41, 5.74) is 1.74. The van der Waals surface area contributed by atoms with E-state index in [1.54, 1.807) is 10.7 Å². The molecule has 0 unspecified atom stereocenters. The number of fused-ring (bicyclic) bond motifs is 1. The zero-order chi connectivity index (χ0) is 24.0. The summed E-state index contributed by atoms with van der Waals surface area (Å²) in [6.45, 7) is 3.97. The summed E-state index contributed by atoms with van der Waals surface area (Å²) in [6.07, 6.45) is 6.59. The van der Waals surface area contributed by atoms with Gasteiger partial charge in [-0.1, -0.05) is 25.6 Å². The third-order valence-corrected chi connectivity index (χ3v) is 5.98. The van der Waals surface area contributed by atoms with Gasteiger partial charge < -0.3 is 15.1 Å². The lowest BCUT2D eigenvalue weighted by molar-refractivity contribution is 0.0947. The second-order valence-electron chi connectivity index (χ2n) is 8.27. The van der Waals surface area contributed by atoms with Crippen molar-refractivity contribution in [3.63, 3.8) is 0 Å². The average molecular weight is 486 g/mol. The number of thioether (sulfide) groups is 1. The lowest BCUT2D eigenvalue weighted by Crippen LogP contribution is -2.26. The van der Waals surface area contributed by atoms with Gasteiger partial charge in [-0.05, 0) is 36.6 Å². The Balaban J connectivity index is 1.59. The Bertz CT molecular complexity index is 1400. The molecular weight excluding hydrogens is 464 g/mol. The fourth-order valence-corrected chi connectivity index (χ4v) is 4.00. The molecule has 12 heteroatoms. The molecule has 0 radical (unpaired) electrons. The molecule has 3 aromatic heterocycles. The summed E-state index contributed by atoms with van der Waals surface area (Å²) in [5.74, 6) is -1.75. The van der Waals surface area contributed by atoms with E-state index in [1.807, 2.05) is 20.1 Å². The van der Waals surface area contributed by atoms with Crippen molar-refractivity contribution in [1.29, 1.82) is 0 Å². The highest BCUT2D eigenvalue weighted by atomic mass is 32.2. The molecule has 1 fully saturated rings. The van der Waals surface area contributed by atoms with Crippen molar-refractivity contribution in [2.24, 2.45) is 0 Å². The van der Waals surface area contributed by atoms with Crippen molar-refractivity contribution in [3.05, 3.63) is 47.4 Å². The summed E-state index contributed by atoms with van der Waals surface area (Å²) in [7, 11) is 0. The number of carbonyl (C=O) groups excluding carboxylic acids is 1. The van der Waals surface area contributed by atoms with Crippen LogP contribution in [0, 0.1) is 11.6 Å². The number of aromatic nitrogens is 5. The van der Waals surface area contributed by atoms with Gasteiger partial charge in [-0.3, -0.25) is 4.79 Å². The zero-order valence-electron chi connectivity index (χ0n) is 18.6. The third-order valence-electron chi connectivity index (χ3n) is 5.47. The Labute approximate surface area is 197 Å². The van der Waals surface area contributed by atoms with Gasteiger partial charge in [0.1, 0.15) is 23.5 Å². The molecule has 1 amide bonds. The standard InChI is InChI=1S/C22H21F2N7O2S/c1-10(2)17-13(21-29-30-22(33-21)34-3)8-31-18(17)19(25-9-26-31)28-16-6-12(14(23)7-15(16)24)20(32)27-11-4-5-11/h6-11H,4-5H2,1-3H3,(H,27,32)(H,25,26,28). The zero-order valence-corrected chi connectivity index (χ0v) is 19.4. The number of amides is 1. The number of nitrogens with zero attached hydrogens (tertiary/aromatic N) is 5. The summed E-state index contributed by atoms with van der Waals surface area (Å²) < 4.78 is 36.4. The van der Waals surface area contributed by atoms with Gasteiger partial charge in [0.05, 0.1) is 16.8 Å². The van der Waals surface area contributed by atoms with Crippen LogP contribution in [0.4, 0.5) is 20.3 Å². The molecule has 1 aliphatic carbocycles. The van der Waals surface area contributed by atoms with Crippen LogP contribution in [0.5, 0.6) is 0 Å². The van der Waals surface area contributed by atoms with Gasteiger partial charge in [0, 0.05) is 18.3 Å². The molecule has 0 spiro atoms. The molecule has 1 aromatic carbocycles. The highest BCUT2D eigenvalue weighted by molar-refractivity contribution is 7.98. The van der Waals surface area contributed by atoms with Gasteiger partial charge >= 0.3 is 0 Å². The molecule has 0 aliphatic heterocycles. The molecule has 2 N–H and O–H groups in total. The minimum Gasteiger partial charge on any atom is -0.411 e. The van der Waals surface area contributed by atoms with Crippen LogP contribution in [-0.2, 0) is 0 Å². The molecule has 9 nitrogen and oxygen atoms in total. The number of carbonyl (C=O) groups is 1. The van der Waals surface area contributed by atoms with Crippen molar-refractivity contribution in [3.8, 4) is 11.5 Å². The molecule has 4 aromatic rings. The highest BCUT2D eigenvalue weighted by Crippen LogP contribution is 2.37. The van der Waals surface area contributed by atoms with E-state index in [4.69, 9.17) is 4.42 Å². The van der Waals surface area contributed by atoms with E-state index in [-0.39, 0.29) is 29.0 Å². The molecule has 5 rings (SSSR count). The number of rotatable bonds is 7. The molecule has 3 heterocycles. The summed E-state index contributed by atoms with van der Waals surface area (Å²) >= 11 is 1.33. The van der Waals surface area contributed by atoms with Crippen molar-refractivity contribution >= 4 is 34.7 Å². The van der Waals surface area contributed by atoms with Crippen molar-refractivity contribution in [2.75, 3.05) is 11.6 Å². The Morgan fingerprint density at radius 3 is 2.71 bits per heavy atom. The first kappa shape index (κ1) is 22.3. The van der Waals surface area contributed by atoms with Gasteiger partial charge in [-0.15, -0.1) is 10.2 Å². The van der Waals surface area contributed by atoms with E-state index in [9.17, 15) is 13.6 Å². The summed E-state index contributed by atoms with van der Waals surface area (Å²) in [4.78, 5) is 16.7. The maximum absolute atomic E-state index is 14.7. The summed E-state index contributed by atoms with van der Waals surface area (Å²) in [6, 6.07) is 1.89. The predicted molar refractivity (Wildman–Crippen MR) is 122 cm³/mol. The Hall–Kier alpha value is -3.54. The van der Waals surface area contributed by atoms with Crippen molar-refractivity contribution in [1.82, 2.24) is 30.1 Å². The lowest BCUT2D eigenvalue weighted by atomic mass is 10.00. The van der Waals surface area contributed by atoms with Crippen LogP contribution >= 0.6 is 11.8 Å². The largest absolute Gasteiger partial charge is 0.411 e. The number of halogens is 2. The molecule has 1 saturated carbocycles. The molecule has 0 saturated heterocycles. The van der Waals surface area contributed by atoms with Gasteiger partial charge in [0.25, 0.3) is 17.0 Å². The smallest absolute Gasteiger partial charge is 0.276 e. The molecule has 176 valence electrons. The van der Waals surface area contributed by atoms with E-state index in [1.165, 1.54) is 18.1 Å². The van der Waals surface area contributed by atoms with Crippen LogP contribution in [0.15, 0.2) is 34.3 Å². The van der Waals surface area contributed by atoms with E-state index in [2.05, 4.69) is 30.9 Å². The summed E-state index contributed by atoms with van der Waals surface area (Å²) in [5, 5.41) is 18.5. The van der Waals surface area contributed by atoms with Gasteiger partial charge in [0.2, 0.25) is 0 Å². The molecule has 1 aliphatic rings. The van der Waals surface area contributed by atoms with E-state index < -0.39 is 17.5 Å². The van der Waals surface area contributed by atoms with Crippen LogP contribution in [0.1, 0.15) is 48.5 Å². The number of anilines is 2. The topological polar surface area (TPSA) is 110 Å². The molecular formula is C22H21F2N7O2S.